The van der Waals surface area contributed by atoms with E-state index in [1.807, 2.05) is 18.2 Å². The number of ether oxygens (including phenoxy) is 2. The van der Waals surface area contributed by atoms with Crippen molar-refractivity contribution in [2.45, 2.75) is 75.3 Å². The molecule has 7 atom stereocenters. The van der Waals surface area contributed by atoms with E-state index < -0.39 is 29.2 Å². The molecule has 3 aromatic rings. The topological polar surface area (TPSA) is 130 Å². The number of fused-ring (bicyclic) bond motifs is 1. The van der Waals surface area contributed by atoms with Crippen molar-refractivity contribution in [3.63, 3.8) is 0 Å². The SMILES string of the molecule is O=c1ccc(C2CC3CC3(C3CC[C@@H](c4ccc(C5CC[C@H](c6ccccc(=O)c6O)O5)cc(=O)c4O)O3)C2)ccc1O. The van der Waals surface area contributed by atoms with Crippen molar-refractivity contribution in [1.29, 1.82) is 0 Å². The third-order valence-corrected chi connectivity index (χ3v) is 10.2. The molecule has 222 valence electrons. The summed E-state index contributed by atoms with van der Waals surface area (Å²) in [5, 5.41) is 31.1. The molecule has 2 heterocycles. The van der Waals surface area contributed by atoms with Gasteiger partial charge in [-0.1, -0.05) is 42.5 Å². The molecular weight excluding hydrogens is 548 g/mol. The average Bonchev–Trinajstić information content (AvgIpc) is 3.31. The van der Waals surface area contributed by atoms with E-state index in [1.165, 1.54) is 24.3 Å². The zero-order valence-electron chi connectivity index (χ0n) is 23.6. The Morgan fingerprint density at radius 1 is 0.628 bits per heavy atom. The molecule has 3 N–H and O–H groups in total. The van der Waals surface area contributed by atoms with E-state index in [0.29, 0.717) is 47.8 Å². The second kappa shape index (κ2) is 10.6. The molecule has 0 bridgehead atoms. The van der Waals surface area contributed by atoms with E-state index in [-0.39, 0.29) is 34.2 Å². The number of hydrogen-bond donors (Lipinski definition) is 3. The van der Waals surface area contributed by atoms with E-state index >= 15 is 0 Å². The molecular formula is C35H34O8. The predicted octanol–water partition coefficient (Wildman–Crippen LogP) is 5.28. The lowest BCUT2D eigenvalue weighted by Crippen LogP contribution is -2.22. The molecule has 2 aliphatic carbocycles. The van der Waals surface area contributed by atoms with Gasteiger partial charge in [0, 0.05) is 16.5 Å². The maximum atomic E-state index is 13.1. The van der Waals surface area contributed by atoms with Crippen LogP contribution in [0.25, 0.3) is 0 Å². The van der Waals surface area contributed by atoms with Crippen LogP contribution in [0.3, 0.4) is 0 Å². The van der Waals surface area contributed by atoms with Gasteiger partial charge in [-0.25, -0.2) is 0 Å². The normalized spacial score (nSPS) is 31.1. The number of hydrogen-bond acceptors (Lipinski definition) is 8. The Hall–Kier alpha value is -4.01. The van der Waals surface area contributed by atoms with Gasteiger partial charge in [0.2, 0.25) is 16.3 Å². The van der Waals surface area contributed by atoms with E-state index in [1.54, 1.807) is 24.3 Å². The summed E-state index contributed by atoms with van der Waals surface area (Å²) in [6.45, 7) is 0. The summed E-state index contributed by atoms with van der Waals surface area (Å²) < 4.78 is 12.8. The monoisotopic (exact) mass is 582 g/mol. The van der Waals surface area contributed by atoms with Crippen molar-refractivity contribution < 1.29 is 24.8 Å². The highest BCUT2D eigenvalue weighted by atomic mass is 16.5. The summed E-state index contributed by atoms with van der Waals surface area (Å²) in [5.41, 5.74) is 1.30. The fourth-order valence-electron chi connectivity index (χ4n) is 7.87. The van der Waals surface area contributed by atoms with Crippen LogP contribution < -0.4 is 16.3 Å². The Morgan fingerprint density at radius 3 is 2.16 bits per heavy atom. The van der Waals surface area contributed by atoms with Gasteiger partial charge in [0.15, 0.2) is 17.2 Å². The fraction of sp³-hybridized carbons (Fsp3) is 0.400. The third-order valence-electron chi connectivity index (χ3n) is 10.2. The zero-order chi connectivity index (χ0) is 29.9. The van der Waals surface area contributed by atoms with Gasteiger partial charge < -0.3 is 24.8 Å². The summed E-state index contributed by atoms with van der Waals surface area (Å²) in [4.78, 5) is 37.0. The standard InChI is InChI=1S/C35H34O8/c36-25-9-6-19(7-10-26(25)37)21-15-22-18-35(22,17-21)32-14-13-31(43-32)24-8-5-20(16-28(39)34(24)41)29-11-12-30(42-29)23-3-1-2-4-27(38)33(23)40/h1-10,16,21-22,29-32H,11-15,17-18H2,(H,36,37)(H,38,40)(H,39,41)/t21?,22?,29?,30-,31+,32?,35?/m1/s1. The molecule has 0 amide bonds. The Labute approximate surface area is 248 Å². The Balaban J connectivity index is 1.07. The van der Waals surface area contributed by atoms with Crippen LogP contribution in [0, 0.1) is 11.3 Å². The third kappa shape index (κ3) is 4.92. The first-order valence-corrected chi connectivity index (χ1v) is 15.1. The van der Waals surface area contributed by atoms with Crippen LogP contribution in [0.15, 0.2) is 81.1 Å². The van der Waals surface area contributed by atoms with E-state index in [2.05, 4.69) is 0 Å². The van der Waals surface area contributed by atoms with Gasteiger partial charge in [0.05, 0.1) is 24.4 Å². The molecule has 2 aliphatic heterocycles. The van der Waals surface area contributed by atoms with Gasteiger partial charge >= 0.3 is 0 Å². The second-order valence-corrected chi connectivity index (χ2v) is 12.6. The maximum absolute atomic E-state index is 13.1. The van der Waals surface area contributed by atoms with E-state index in [4.69, 9.17) is 9.47 Å². The second-order valence-electron chi connectivity index (χ2n) is 12.6. The Kier molecular flexibility index (Phi) is 6.86. The lowest BCUT2D eigenvalue weighted by molar-refractivity contribution is -0.00352. The van der Waals surface area contributed by atoms with Gasteiger partial charge in [-0.2, -0.15) is 0 Å². The van der Waals surface area contributed by atoms with Crippen LogP contribution in [0.2, 0.25) is 0 Å². The van der Waals surface area contributed by atoms with Crippen LogP contribution in [0.5, 0.6) is 17.2 Å². The van der Waals surface area contributed by atoms with Crippen LogP contribution in [0.4, 0.5) is 0 Å². The molecule has 4 aliphatic rings. The summed E-state index contributed by atoms with van der Waals surface area (Å²) in [6.07, 6.45) is 4.50. The minimum atomic E-state index is -0.494. The lowest BCUT2D eigenvalue weighted by atomic mass is 9.88. The van der Waals surface area contributed by atoms with Gasteiger partial charge in [0.25, 0.3) is 0 Å². The van der Waals surface area contributed by atoms with Crippen molar-refractivity contribution in [2.75, 3.05) is 0 Å². The first kappa shape index (κ1) is 27.8. The highest BCUT2D eigenvalue weighted by Gasteiger charge is 2.65. The van der Waals surface area contributed by atoms with Crippen molar-refractivity contribution in [3.8, 4) is 17.2 Å². The van der Waals surface area contributed by atoms with E-state index in [9.17, 15) is 29.7 Å². The first-order chi connectivity index (χ1) is 20.7. The molecule has 4 fully saturated rings. The predicted molar refractivity (Wildman–Crippen MR) is 158 cm³/mol. The number of aromatic hydroxyl groups is 3. The molecule has 2 saturated heterocycles. The fourth-order valence-corrected chi connectivity index (χ4v) is 7.87. The Bertz CT molecular complexity index is 1770. The van der Waals surface area contributed by atoms with Crippen molar-refractivity contribution >= 4 is 0 Å². The molecule has 5 unspecified atom stereocenters. The maximum Gasteiger partial charge on any atom is 0.220 e. The summed E-state index contributed by atoms with van der Waals surface area (Å²) >= 11 is 0. The molecule has 3 aromatic carbocycles. The van der Waals surface area contributed by atoms with Gasteiger partial charge in [0.1, 0.15) is 0 Å². The molecule has 8 nitrogen and oxygen atoms in total. The van der Waals surface area contributed by atoms with E-state index in [0.717, 1.165) is 31.2 Å². The zero-order valence-corrected chi connectivity index (χ0v) is 23.6. The van der Waals surface area contributed by atoms with Crippen molar-refractivity contribution in [2.24, 2.45) is 11.3 Å². The largest absolute Gasteiger partial charge is 0.504 e. The highest BCUT2D eigenvalue weighted by molar-refractivity contribution is 5.38. The minimum Gasteiger partial charge on any atom is -0.504 e. The molecule has 0 spiro atoms. The molecule has 43 heavy (non-hydrogen) atoms. The summed E-state index contributed by atoms with van der Waals surface area (Å²) in [7, 11) is 0. The molecule has 0 radical (unpaired) electrons. The molecule has 8 heteroatoms. The highest BCUT2D eigenvalue weighted by Crippen LogP contribution is 2.71. The molecule has 2 saturated carbocycles. The smallest absolute Gasteiger partial charge is 0.220 e. The van der Waals surface area contributed by atoms with Gasteiger partial charge in [-0.3, -0.25) is 14.4 Å². The van der Waals surface area contributed by atoms with Crippen LogP contribution in [0.1, 0.15) is 91.4 Å². The van der Waals surface area contributed by atoms with Crippen molar-refractivity contribution in [3.05, 3.63) is 120 Å². The van der Waals surface area contributed by atoms with Crippen LogP contribution in [-0.4, -0.2) is 21.4 Å². The van der Waals surface area contributed by atoms with Crippen LogP contribution in [-0.2, 0) is 9.47 Å². The van der Waals surface area contributed by atoms with Gasteiger partial charge in [-0.05, 0) is 92.2 Å². The lowest BCUT2D eigenvalue weighted by Gasteiger charge is -2.24. The number of rotatable bonds is 5. The van der Waals surface area contributed by atoms with Crippen molar-refractivity contribution in [1.82, 2.24) is 0 Å². The molecule has 0 aromatic heterocycles. The van der Waals surface area contributed by atoms with Crippen LogP contribution >= 0.6 is 0 Å². The summed E-state index contributed by atoms with van der Waals surface area (Å²) in [6, 6.07) is 17.8. The molecule has 7 rings (SSSR count). The summed E-state index contributed by atoms with van der Waals surface area (Å²) in [5.74, 6) is -0.0574. The first-order valence-electron chi connectivity index (χ1n) is 15.1. The minimum absolute atomic E-state index is 0.0256. The average molecular weight is 583 g/mol. The van der Waals surface area contributed by atoms with Gasteiger partial charge in [-0.15, -0.1) is 0 Å². The quantitative estimate of drug-likeness (QED) is 0.371. The Morgan fingerprint density at radius 2 is 1.30 bits per heavy atom.